The maximum atomic E-state index is 11.5. The summed E-state index contributed by atoms with van der Waals surface area (Å²) in [6, 6.07) is 5.51. The lowest BCUT2D eigenvalue weighted by atomic mass is 10.1. The molecule has 2 amide bonds. The van der Waals surface area contributed by atoms with Crippen molar-refractivity contribution in [3.63, 3.8) is 0 Å². The number of ether oxygens (including phenoxy) is 1. The maximum absolute atomic E-state index is 11.5. The summed E-state index contributed by atoms with van der Waals surface area (Å²) in [5, 5.41) is 5.46. The molecular formula is C14H18N2O3. The molecule has 0 spiro atoms. The third-order valence-electron chi connectivity index (χ3n) is 2.71. The summed E-state index contributed by atoms with van der Waals surface area (Å²) >= 11 is 0. The lowest BCUT2D eigenvalue weighted by molar-refractivity contribution is 0.0965. The molecule has 0 radical (unpaired) electrons. The molecule has 0 saturated heterocycles. The van der Waals surface area contributed by atoms with Crippen LogP contribution >= 0.6 is 0 Å². The van der Waals surface area contributed by atoms with Crippen LogP contribution in [0.5, 0.6) is 0 Å². The number of hydrogen-bond donors (Lipinski definition) is 2. The van der Waals surface area contributed by atoms with Crippen LogP contribution in [0.1, 0.15) is 42.3 Å². The zero-order valence-corrected chi connectivity index (χ0v) is 11.4. The second-order valence-corrected chi connectivity index (χ2v) is 5.63. The lowest BCUT2D eigenvalue weighted by Crippen LogP contribution is -2.40. The highest BCUT2D eigenvalue weighted by molar-refractivity contribution is 5.98. The van der Waals surface area contributed by atoms with Gasteiger partial charge in [-0.05, 0) is 38.0 Å². The number of amides is 2. The van der Waals surface area contributed by atoms with Gasteiger partial charge in [0, 0.05) is 17.6 Å². The normalized spacial score (nSPS) is 13.7. The van der Waals surface area contributed by atoms with Crippen molar-refractivity contribution in [2.75, 3.05) is 0 Å². The van der Waals surface area contributed by atoms with Crippen molar-refractivity contribution in [3.05, 3.63) is 34.9 Å². The molecule has 1 aliphatic rings. The van der Waals surface area contributed by atoms with Crippen LogP contribution in [0, 0.1) is 0 Å². The van der Waals surface area contributed by atoms with E-state index in [1.54, 1.807) is 6.07 Å². The Labute approximate surface area is 112 Å². The predicted molar refractivity (Wildman–Crippen MR) is 70.7 cm³/mol. The average molecular weight is 262 g/mol. The Bertz CT molecular complexity index is 518. The molecule has 0 aromatic heterocycles. The second kappa shape index (κ2) is 4.91. The Kier molecular flexibility index (Phi) is 3.46. The molecule has 0 saturated carbocycles. The highest BCUT2D eigenvalue weighted by Crippen LogP contribution is 2.17. The Balaban J connectivity index is 1.96. The monoisotopic (exact) mass is 262 g/mol. The molecule has 0 aliphatic carbocycles. The van der Waals surface area contributed by atoms with E-state index in [-0.39, 0.29) is 18.1 Å². The minimum atomic E-state index is -0.461. The summed E-state index contributed by atoms with van der Waals surface area (Å²) in [5.41, 5.74) is 2.12. The Morgan fingerprint density at radius 1 is 1.42 bits per heavy atom. The third-order valence-corrected chi connectivity index (χ3v) is 2.71. The molecular weight excluding hydrogens is 244 g/mol. The molecule has 5 nitrogen and oxygen atoms in total. The van der Waals surface area contributed by atoms with Crippen LogP contribution < -0.4 is 10.6 Å². The van der Waals surface area contributed by atoms with Crippen LogP contribution in [-0.4, -0.2) is 17.5 Å². The van der Waals surface area contributed by atoms with Gasteiger partial charge in [0.1, 0.15) is 6.61 Å². The zero-order valence-electron chi connectivity index (χ0n) is 11.4. The van der Waals surface area contributed by atoms with E-state index in [1.807, 2.05) is 32.9 Å². The molecule has 5 heteroatoms. The molecule has 19 heavy (non-hydrogen) atoms. The molecule has 1 aliphatic heterocycles. The van der Waals surface area contributed by atoms with Gasteiger partial charge in [0.2, 0.25) is 0 Å². The Morgan fingerprint density at radius 3 is 2.84 bits per heavy atom. The van der Waals surface area contributed by atoms with Gasteiger partial charge in [-0.1, -0.05) is 12.1 Å². The minimum absolute atomic E-state index is 0.0732. The molecule has 102 valence electrons. The van der Waals surface area contributed by atoms with E-state index >= 15 is 0 Å². The van der Waals surface area contributed by atoms with Gasteiger partial charge in [-0.15, -0.1) is 0 Å². The quantitative estimate of drug-likeness (QED) is 0.856. The first-order valence-corrected chi connectivity index (χ1v) is 6.20. The second-order valence-electron chi connectivity index (χ2n) is 5.63. The number of carbonyl (C=O) groups is 2. The number of hydrogen-bond acceptors (Lipinski definition) is 3. The van der Waals surface area contributed by atoms with Crippen LogP contribution in [-0.2, 0) is 17.9 Å². The van der Waals surface area contributed by atoms with E-state index in [2.05, 4.69) is 10.6 Å². The van der Waals surface area contributed by atoms with Crippen LogP contribution in [0.25, 0.3) is 0 Å². The van der Waals surface area contributed by atoms with Gasteiger partial charge in [-0.3, -0.25) is 4.79 Å². The summed E-state index contributed by atoms with van der Waals surface area (Å²) in [5.74, 6) is -0.0732. The molecule has 0 unspecified atom stereocenters. The van der Waals surface area contributed by atoms with E-state index in [4.69, 9.17) is 4.74 Å². The van der Waals surface area contributed by atoms with Crippen molar-refractivity contribution in [3.8, 4) is 0 Å². The van der Waals surface area contributed by atoms with E-state index in [9.17, 15) is 9.59 Å². The summed E-state index contributed by atoms with van der Waals surface area (Å²) in [6.07, 6.45) is -0.461. The Morgan fingerprint density at radius 2 is 2.16 bits per heavy atom. The van der Waals surface area contributed by atoms with E-state index < -0.39 is 6.09 Å². The predicted octanol–water partition coefficient (Wildman–Crippen LogP) is 1.95. The van der Waals surface area contributed by atoms with Gasteiger partial charge in [0.25, 0.3) is 5.91 Å². The average Bonchev–Trinajstić information content (AvgIpc) is 2.66. The van der Waals surface area contributed by atoms with Gasteiger partial charge in [0.15, 0.2) is 0 Å². The molecule has 2 N–H and O–H groups in total. The van der Waals surface area contributed by atoms with Crippen molar-refractivity contribution >= 4 is 12.0 Å². The highest BCUT2D eigenvalue weighted by Gasteiger charge is 2.19. The van der Waals surface area contributed by atoms with Crippen LogP contribution in [0.15, 0.2) is 18.2 Å². The van der Waals surface area contributed by atoms with Crippen molar-refractivity contribution in [1.82, 2.24) is 10.6 Å². The highest BCUT2D eigenvalue weighted by atomic mass is 16.5. The SMILES string of the molecule is CC(C)(C)NC(=O)OCc1ccc2c(c1)C(=O)NC2. The number of benzene rings is 1. The van der Waals surface area contributed by atoms with Crippen LogP contribution in [0.3, 0.4) is 0 Å². The molecule has 0 atom stereocenters. The van der Waals surface area contributed by atoms with Crippen molar-refractivity contribution in [1.29, 1.82) is 0 Å². The lowest BCUT2D eigenvalue weighted by Gasteiger charge is -2.20. The molecule has 1 aromatic carbocycles. The first-order valence-electron chi connectivity index (χ1n) is 6.20. The zero-order chi connectivity index (χ0) is 14.0. The third kappa shape index (κ3) is 3.47. The van der Waals surface area contributed by atoms with Gasteiger partial charge in [-0.2, -0.15) is 0 Å². The fraction of sp³-hybridized carbons (Fsp3) is 0.429. The largest absolute Gasteiger partial charge is 0.445 e. The maximum Gasteiger partial charge on any atom is 0.407 e. The van der Waals surface area contributed by atoms with E-state index in [0.29, 0.717) is 12.1 Å². The van der Waals surface area contributed by atoms with Crippen molar-refractivity contribution in [2.24, 2.45) is 0 Å². The smallest absolute Gasteiger partial charge is 0.407 e. The number of nitrogens with one attached hydrogen (secondary N) is 2. The number of carbonyl (C=O) groups excluding carboxylic acids is 2. The molecule has 1 heterocycles. The van der Waals surface area contributed by atoms with Crippen LogP contribution in [0.4, 0.5) is 4.79 Å². The first kappa shape index (κ1) is 13.4. The van der Waals surface area contributed by atoms with Gasteiger partial charge in [-0.25, -0.2) is 4.79 Å². The Hall–Kier alpha value is -2.04. The molecule has 2 rings (SSSR count). The minimum Gasteiger partial charge on any atom is -0.445 e. The first-order chi connectivity index (χ1) is 8.85. The number of fused-ring (bicyclic) bond motifs is 1. The van der Waals surface area contributed by atoms with Gasteiger partial charge in [0.05, 0.1) is 0 Å². The summed E-state index contributed by atoms with van der Waals surface area (Å²) in [7, 11) is 0. The van der Waals surface area contributed by atoms with E-state index in [1.165, 1.54) is 0 Å². The standard InChI is InChI=1S/C14H18N2O3/c1-14(2,3)16-13(18)19-8-9-4-5-10-7-15-12(17)11(10)6-9/h4-6H,7-8H2,1-3H3,(H,15,17)(H,16,18). The summed E-state index contributed by atoms with van der Waals surface area (Å²) in [6.45, 7) is 6.37. The topological polar surface area (TPSA) is 67.4 Å². The molecule has 0 fully saturated rings. The number of rotatable bonds is 2. The van der Waals surface area contributed by atoms with Crippen molar-refractivity contribution < 1.29 is 14.3 Å². The van der Waals surface area contributed by atoms with Crippen molar-refractivity contribution in [2.45, 2.75) is 39.5 Å². The molecule has 0 bridgehead atoms. The molecule has 1 aromatic rings. The summed E-state index contributed by atoms with van der Waals surface area (Å²) < 4.78 is 5.12. The van der Waals surface area contributed by atoms with E-state index in [0.717, 1.165) is 11.1 Å². The fourth-order valence-electron chi connectivity index (χ4n) is 1.84. The fourth-order valence-corrected chi connectivity index (χ4v) is 1.84. The van der Waals surface area contributed by atoms with Gasteiger partial charge >= 0.3 is 6.09 Å². The van der Waals surface area contributed by atoms with Gasteiger partial charge < -0.3 is 15.4 Å². The number of alkyl carbamates (subject to hydrolysis) is 1. The summed E-state index contributed by atoms with van der Waals surface area (Å²) in [4.78, 5) is 23.0. The van der Waals surface area contributed by atoms with Crippen LogP contribution in [0.2, 0.25) is 0 Å².